The lowest BCUT2D eigenvalue weighted by molar-refractivity contribution is 0.141. The summed E-state index contributed by atoms with van der Waals surface area (Å²) in [4.78, 5) is 2.61. The third-order valence-corrected chi connectivity index (χ3v) is 3.91. The summed E-state index contributed by atoms with van der Waals surface area (Å²) in [6.45, 7) is 11.8. The minimum Gasteiger partial charge on any atom is -0.297 e. The van der Waals surface area contributed by atoms with Gasteiger partial charge in [-0.25, -0.2) is 0 Å². The highest BCUT2D eigenvalue weighted by Crippen LogP contribution is 2.25. The summed E-state index contributed by atoms with van der Waals surface area (Å²) in [6, 6.07) is 0. The molecule has 1 atom stereocenters. The summed E-state index contributed by atoms with van der Waals surface area (Å²) in [7, 11) is 0. The average Bonchev–Trinajstić information content (AvgIpc) is 2.03. The normalized spacial score (nSPS) is 27.5. The van der Waals surface area contributed by atoms with Crippen LogP contribution in [0.1, 0.15) is 34.1 Å². The second-order valence-electron chi connectivity index (χ2n) is 4.52. The van der Waals surface area contributed by atoms with E-state index in [1.54, 1.807) is 0 Å². The van der Waals surface area contributed by atoms with Gasteiger partial charge in [0, 0.05) is 29.6 Å². The molecule has 0 spiro atoms. The summed E-state index contributed by atoms with van der Waals surface area (Å²) in [6.07, 6.45) is 1.32. The van der Waals surface area contributed by atoms with Crippen molar-refractivity contribution in [1.82, 2.24) is 4.90 Å². The largest absolute Gasteiger partial charge is 0.297 e. The number of rotatable bonds is 1. The zero-order valence-corrected chi connectivity index (χ0v) is 9.58. The minimum atomic E-state index is 0.369. The summed E-state index contributed by atoms with van der Waals surface area (Å²) >= 11 is 2.14. The van der Waals surface area contributed by atoms with E-state index in [9.17, 15) is 0 Å². The molecule has 1 aliphatic rings. The van der Waals surface area contributed by atoms with Gasteiger partial charge < -0.3 is 0 Å². The molecule has 0 aliphatic carbocycles. The average molecular weight is 187 g/mol. The lowest BCUT2D eigenvalue weighted by atomic mass is 10.1. The fourth-order valence-electron chi connectivity index (χ4n) is 1.58. The van der Waals surface area contributed by atoms with Crippen molar-refractivity contribution >= 4 is 11.8 Å². The van der Waals surface area contributed by atoms with E-state index in [1.807, 2.05) is 0 Å². The Balaban J connectivity index is 2.46. The topological polar surface area (TPSA) is 3.24 Å². The number of hydrogen-bond acceptors (Lipinski definition) is 2. The maximum atomic E-state index is 2.61. The fraction of sp³-hybridized carbons (Fsp3) is 1.00. The van der Waals surface area contributed by atoms with Crippen LogP contribution in [0.2, 0.25) is 0 Å². The molecular weight excluding hydrogens is 166 g/mol. The Morgan fingerprint density at radius 2 is 2.08 bits per heavy atom. The van der Waals surface area contributed by atoms with Gasteiger partial charge in [-0.15, -0.1) is 0 Å². The van der Waals surface area contributed by atoms with Crippen LogP contribution in [0.4, 0.5) is 0 Å². The zero-order valence-electron chi connectivity index (χ0n) is 8.76. The molecule has 1 saturated heterocycles. The Labute approximate surface area is 80.9 Å². The van der Waals surface area contributed by atoms with Crippen LogP contribution in [-0.4, -0.2) is 34.5 Å². The molecule has 0 aromatic carbocycles. The molecule has 0 amide bonds. The first-order valence-electron chi connectivity index (χ1n) is 4.90. The van der Waals surface area contributed by atoms with Crippen LogP contribution < -0.4 is 0 Å². The van der Waals surface area contributed by atoms with E-state index in [1.165, 1.54) is 25.3 Å². The van der Waals surface area contributed by atoms with E-state index in [4.69, 9.17) is 0 Å². The van der Waals surface area contributed by atoms with Gasteiger partial charge in [-0.05, 0) is 27.2 Å². The molecule has 0 radical (unpaired) electrons. The highest BCUT2D eigenvalue weighted by atomic mass is 32.2. The van der Waals surface area contributed by atoms with Crippen LogP contribution >= 0.6 is 11.8 Å². The maximum absolute atomic E-state index is 2.61. The Kier molecular flexibility index (Phi) is 3.47. The first kappa shape index (κ1) is 10.4. The SMILES string of the molecule is CCC1CN(C(C)(C)C)CCS1. The van der Waals surface area contributed by atoms with Gasteiger partial charge in [0.2, 0.25) is 0 Å². The van der Waals surface area contributed by atoms with Crippen molar-refractivity contribution in [2.75, 3.05) is 18.8 Å². The van der Waals surface area contributed by atoms with Gasteiger partial charge >= 0.3 is 0 Å². The molecule has 1 unspecified atom stereocenters. The zero-order chi connectivity index (χ0) is 9.19. The van der Waals surface area contributed by atoms with Gasteiger partial charge in [-0.3, -0.25) is 4.90 Å². The number of hydrogen-bond donors (Lipinski definition) is 0. The summed E-state index contributed by atoms with van der Waals surface area (Å²) < 4.78 is 0. The highest BCUT2D eigenvalue weighted by Gasteiger charge is 2.26. The van der Waals surface area contributed by atoms with E-state index in [-0.39, 0.29) is 0 Å². The van der Waals surface area contributed by atoms with E-state index in [2.05, 4.69) is 44.4 Å². The summed E-state index contributed by atoms with van der Waals surface area (Å²) in [5, 5.41) is 0.873. The van der Waals surface area contributed by atoms with Gasteiger partial charge in [-0.1, -0.05) is 6.92 Å². The van der Waals surface area contributed by atoms with Crippen molar-refractivity contribution in [2.24, 2.45) is 0 Å². The molecule has 72 valence electrons. The van der Waals surface area contributed by atoms with Crippen molar-refractivity contribution in [1.29, 1.82) is 0 Å². The second-order valence-corrected chi connectivity index (χ2v) is 5.93. The van der Waals surface area contributed by atoms with Crippen LogP contribution in [0.25, 0.3) is 0 Å². The van der Waals surface area contributed by atoms with E-state index >= 15 is 0 Å². The number of nitrogens with zero attached hydrogens (tertiary/aromatic N) is 1. The second kappa shape index (κ2) is 4.01. The molecule has 1 rings (SSSR count). The van der Waals surface area contributed by atoms with Crippen molar-refractivity contribution in [2.45, 2.75) is 44.9 Å². The molecule has 0 aromatic rings. The molecular formula is C10H21NS. The summed E-state index contributed by atoms with van der Waals surface area (Å²) in [5.74, 6) is 1.32. The predicted octanol–water partition coefficient (Wildman–Crippen LogP) is 2.61. The molecule has 1 fully saturated rings. The molecule has 1 nitrogen and oxygen atoms in total. The first-order valence-corrected chi connectivity index (χ1v) is 5.95. The van der Waals surface area contributed by atoms with Gasteiger partial charge in [0.25, 0.3) is 0 Å². The molecule has 1 heterocycles. The van der Waals surface area contributed by atoms with E-state index in [0.29, 0.717) is 5.54 Å². The Hall–Kier alpha value is 0.310. The van der Waals surface area contributed by atoms with Gasteiger partial charge in [0.05, 0.1) is 0 Å². The molecule has 0 bridgehead atoms. The van der Waals surface area contributed by atoms with Crippen molar-refractivity contribution < 1.29 is 0 Å². The standard InChI is InChI=1S/C10H21NS/c1-5-9-8-11(6-7-12-9)10(2,3)4/h9H,5-8H2,1-4H3. The summed E-state index contributed by atoms with van der Waals surface area (Å²) in [5.41, 5.74) is 0.369. The monoisotopic (exact) mass is 187 g/mol. The van der Waals surface area contributed by atoms with Crippen molar-refractivity contribution in [3.8, 4) is 0 Å². The van der Waals surface area contributed by atoms with Gasteiger partial charge in [-0.2, -0.15) is 11.8 Å². The van der Waals surface area contributed by atoms with Crippen LogP contribution in [-0.2, 0) is 0 Å². The van der Waals surface area contributed by atoms with Crippen LogP contribution in [0.5, 0.6) is 0 Å². The molecule has 12 heavy (non-hydrogen) atoms. The quantitative estimate of drug-likeness (QED) is 0.621. The van der Waals surface area contributed by atoms with Crippen molar-refractivity contribution in [3.05, 3.63) is 0 Å². The maximum Gasteiger partial charge on any atom is 0.0173 e. The third kappa shape index (κ3) is 2.67. The molecule has 0 saturated carbocycles. The Bertz CT molecular complexity index is 139. The third-order valence-electron chi connectivity index (χ3n) is 2.54. The first-order chi connectivity index (χ1) is 5.54. The van der Waals surface area contributed by atoms with Crippen molar-refractivity contribution in [3.63, 3.8) is 0 Å². The van der Waals surface area contributed by atoms with Crippen LogP contribution in [0, 0.1) is 0 Å². The smallest absolute Gasteiger partial charge is 0.0173 e. The molecule has 1 aliphatic heterocycles. The molecule has 0 N–H and O–H groups in total. The molecule has 2 heteroatoms. The fourth-order valence-corrected chi connectivity index (χ4v) is 2.76. The van der Waals surface area contributed by atoms with Gasteiger partial charge in [0.1, 0.15) is 0 Å². The van der Waals surface area contributed by atoms with E-state index in [0.717, 1.165) is 5.25 Å². The lowest BCUT2D eigenvalue weighted by Gasteiger charge is -2.41. The minimum absolute atomic E-state index is 0.369. The number of thioether (sulfide) groups is 1. The van der Waals surface area contributed by atoms with Crippen LogP contribution in [0.15, 0.2) is 0 Å². The van der Waals surface area contributed by atoms with Gasteiger partial charge in [0.15, 0.2) is 0 Å². The Morgan fingerprint density at radius 3 is 2.58 bits per heavy atom. The Morgan fingerprint density at radius 1 is 1.42 bits per heavy atom. The van der Waals surface area contributed by atoms with Crippen LogP contribution in [0.3, 0.4) is 0 Å². The van der Waals surface area contributed by atoms with E-state index < -0.39 is 0 Å². The molecule has 0 aromatic heterocycles. The lowest BCUT2D eigenvalue weighted by Crippen LogP contribution is -2.48. The highest BCUT2D eigenvalue weighted by molar-refractivity contribution is 8.00. The predicted molar refractivity (Wildman–Crippen MR) is 57.9 cm³/mol.